The number of nitrogens with two attached hydrogens (primary N) is 2. The van der Waals surface area contributed by atoms with Gasteiger partial charge in [-0.2, -0.15) is 13.2 Å². The van der Waals surface area contributed by atoms with Crippen LogP contribution in [-0.2, 0) is 24.2 Å². The van der Waals surface area contributed by atoms with Crippen LogP contribution in [0.5, 0.6) is 0 Å². The summed E-state index contributed by atoms with van der Waals surface area (Å²) in [6.07, 6.45) is -5.78. The Bertz CT molecular complexity index is 317. The summed E-state index contributed by atoms with van der Waals surface area (Å²) in [5.74, 6) is -4.85. The van der Waals surface area contributed by atoms with Crippen molar-refractivity contribution in [3.05, 3.63) is 0 Å². The predicted octanol–water partition coefficient (Wildman–Crippen LogP) is -0.857. The van der Waals surface area contributed by atoms with Crippen LogP contribution in [-0.4, -0.2) is 30.1 Å². The minimum absolute atomic E-state index is 0.238. The lowest BCUT2D eigenvalue weighted by molar-refractivity contribution is -0.286. The molecule has 0 fully saturated rings. The van der Waals surface area contributed by atoms with Gasteiger partial charge >= 0.3 is 18.1 Å². The van der Waals surface area contributed by atoms with Crippen molar-refractivity contribution >= 4 is 17.8 Å². The minimum atomic E-state index is -5.28. The van der Waals surface area contributed by atoms with Gasteiger partial charge in [0.05, 0.1) is 0 Å². The van der Waals surface area contributed by atoms with E-state index in [0.717, 1.165) is 0 Å². The molecule has 0 aliphatic rings. The third-order valence-corrected chi connectivity index (χ3v) is 1.44. The van der Waals surface area contributed by atoms with Crippen molar-refractivity contribution in [3.8, 4) is 0 Å². The van der Waals surface area contributed by atoms with Crippen molar-refractivity contribution in [1.82, 2.24) is 0 Å². The third kappa shape index (κ3) is 6.35. The minimum Gasteiger partial charge on any atom is -0.370 e. The van der Waals surface area contributed by atoms with Crippen LogP contribution >= 0.6 is 0 Å². The molecule has 0 heterocycles. The molecule has 0 aromatic carbocycles. The van der Waals surface area contributed by atoms with Crippen molar-refractivity contribution in [2.45, 2.75) is 25.1 Å². The standard InChI is InChI=1S/C7H9F3N2O5/c8-7(9,10)6(15)17-16-5(14)3(11)1-2-4(12)13/h3H,1-2,11H2,(H2,12,13). The molecule has 0 saturated carbocycles. The van der Waals surface area contributed by atoms with Crippen LogP contribution in [0.2, 0.25) is 0 Å². The molecule has 0 spiro atoms. The van der Waals surface area contributed by atoms with Crippen molar-refractivity contribution in [2.75, 3.05) is 0 Å². The second-order valence-electron chi connectivity index (χ2n) is 2.88. The number of alkyl halides is 3. The number of rotatable bonds is 4. The van der Waals surface area contributed by atoms with E-state index in [1.165, 1.54) is 0 Å². The fourth-order valence-electron chi connectivity index (χ4n) is 0.604. The fraction of sp³-hybridized carbons (Fsp3) is 0.571. The molecule has 0 aromatic rings. The molecule has 0 bridgehead atoms. The molecule has 7 nitrogen and oxygen atoms in total. The summed E-state index contributed by atoms with van der Waals surface area (Å²) in [6, 6.07) is -1.41. The number of primary amides is 1. The lowest BCUT2D eigenvalue weighted by Gasteiger charge is -2.09. The van der Waals surface area contributed by atoms with E-state index in [0.29, 0.717) is 0 Å². The molecule has 0 aliphatic heterocycles. The van der Waals surface area contributed by atoms with Crippen LogP contribution in [0.15, 0.2) is 0 Å². The summed E-state index contributed by atoms with van der Waals surface area (Å²) in [4.78, 5) is 38.0. The average Bonchev–Trinajstić information content (AvgIpc) is 2.20. The van der Waals surface area contributed by atoms with Crippen molar-refractivity contribution in [1.29, 1.82) is 0 Å². The van der Waals surface area contributed by atoms with Gasteiger partial charge in [-0.25, -0.2) is 19.4 Å². The highest BCUT2D eigenvalue weighted by atomic mass is 19.4. The van der Waals surface area contributed by atoms with Crippen LogP contribution in [0, 0.1) is 0 Å². The molecule has 0 radical (unpaired) electrons. The normalized spacial score (nSPS) is 12.7. The third-order valence-electron chi connectivity index (χ3n) is 1.44. The van der Waals surface area contributed by atoms with E-state index in [2.05, 4.69) is 9.78 Å². The Hall–Kier alpha value is -1.84. The predicted molar refractivity (Wildman–Crippen MR) is 44.6 cm³/mol. The Morgan fingerprint density at radius 2 is 1.71 bits per heavy atom. The van der Waals surface area contributed by atoms with Crippen molar-refractivity contribution in [3.63, 3.8) is 0 Å². The quantitative estimate of drug-likeness (QED) is 0.500. The van der Waals surface area contributed by atoms with Crippen molar-refractivity contribution < 1.29 is 37.3 Å². The van der Waals surface area contributed by atoms with Gasteiger partial charge in [0.15, 0.2) is 0 Å². The maximum absolute atomic E-state index is 11.6. The SMILES string of the molecule is NC(=O)CCC(N)C(=O)OOC(=O)C(F)(F)F. The summed E-state index contributed by atoms with van der Waals surface area (Å²) < 4.78 is 34.8. The topological polar surface area (TPSA) is 122 Å². The van der Waals surface area contributed by atoms with E-state index in [1.807, 2.05) is 0 Å². The molecule has 0 rings (SSSR count). The molecule has 0 aromatic heterocycles. The molecule has 98 valence electrons. The summed E-state index contributed by atoms with van der Waals surface area (Å²) in [6.45, 7) is 0. The largest absolute Gasteiger partial charge is 0.495 e. The Morgan fingerprint density at radius 1 is 1.18 bits per heavy atom. The smallest absolute Gasteiger partial charge is 0.370 e. The summed E-state index contributed by atoms with van der Waals surface area (Å²) in [5.41, 5.74) is 9.85. The second-order valence-corrected chi connectivity index (χ2v) is 2.88. The Kier molecular flexibility index (Phi) is 5.38. The van der Waals surface area contributed by atoms with E-state index in [-0.39, 0.29) is 12.8 Å². The fourth-order valence-corrected chi connectivity index (χ4v) is 0.604. The molecule has 4 N–H and O–H groups in total. The molecule has 0 aliphatic carbocycles. The van der Waals surface area contributed by atoms with Crippen molar-refractivity contribution in [2.24, 2.45) is 11.5 Å². The van der Waals surface area contributed by atoms with Gasteiger partial charge in [-0.1, -0.05) is 0 Å². The van der Waals surface area contributed by atoms with Crippen LogP contribution in [0.1, 0.15) is 12.8 Å². The Morgan fingerprint density at radius 3 is 2.12 bits per heavy atom. The van der Waals surface area contributed by atoms with Crippen LogP contribution in [0.4, 0.5) is 13.2 Å². The summed E-state index contributed by atoms with van der Waals surface area (Å²) in [5, 5.41) is 0. The highest BCUT2D eigenvalue weighted by Gasteiger charge is 2.43. The van der Waals surface area contributed by atoms with Gasteiger partial charge in [0, 0.05) is 6.42 Å². The lowest BCUT2D eigenvalue weighted by Crippen LogP contribution is -2.35. The first-order valence-electron chi connectivity index (χ1n) is 4.18. The second kappa shape index (κ2) is 6.03. The first kappa shape index (κ1) is 15.2. The molecule has 1 atom stereocenters. The zero-order valence-electron chi connectivity index (χ0n) is 8.32. The van der Waals surface area contributed by atoms with E-state index in [4.69, 9.17) is 11.5 Å². The van der Waals surface area contributed by atoms with E-state index < -0.39 is 30.1 Å². The van der Waals surface area contributed by atoms with E-state index >= 15 is 0 Å². The number of hydrogen-bond acceptors (Lipinski definition) is 6. The van der Waals surface area contributed by atoms with Gasteiger partial charge in [0.25, 0.3) is 0 Å². The van der Waals surface area contributed by atoms with Gasteiger partial charge in [0.2, 0.25) is 5.91 Å². The lowest BCUT2D eigenvalue weighted by atomic mass is 10.2. The molecule has 17 heavy (non-hydrogen) atoms. The molecular weight excluding hydrogens is 249 g/mol. The first-order chi connectivity index (χ1) is 7.64. The van der Waals surface area contributed by atoms with E-state index in [1.54, 1.807) is 0 Å². The highest BCUT2D eigenvalue weighted by molar-refractivity contribution is 5.80. The molecule has 1 amide bonds. The van der Waals surface area contributed by atoms with Gasteiger partial charge in [-0.05, 0) is 6.42 Å². The van der Waals surface area contributed by atoms with Crippen LogP contribution < -0.4 is 11.5 Å². The summed E-state index contributed by atoms with van der Waals surface area (Å²) in [7, 11) is 0. The van der Waals surface area contributed by atoms with Crippen LogP contribution in [0.3, 0.4) is 0 Å². The Balaban J connectivity index is 4.02. The number of halogens is 3. The highest BCUT2D eigenvalue weighted by Crippen LogP contribution is 2.16. The summed E-state index contributed by atoms with van der Waals surface area (Å²) >= 11 is 0. The van der Waals surface area contributed by atoms with Gasteiger partial charge in [-0.15, -0.1) is 0 Å². The maximum atomic E-state index is 11.6. The molecule has 0 saturated heterocycles. The maximum Gasteiger partial charge on any atom is 0.495 e. The number of carbonyl (C=O) groups excluding carboxylic acids is 3. The monoisotopic (exact) mass is 258 g/mol. The molecular formula is C7H9F3N2O5. The Labute approximate surface area is 92.7 Å². The zero-order chi connectivity index (χ0) is 13.6. The zero-order valence-corrected chi connectivity index (χ0v) is 8.32. The van der Waals surface area contributed by atoms with Crippen LogP contribution in [0.25, 0.3) is 0 Å². The van der Waals surface area contributed by atoms with E-state index in [9.17, 15) is 27.6 Å². The van der Waals surface area contributed by atoms with Gasteiger partial charge < -0.3 is 11.5 Å². The molecule has 10 heteroatoms. The molecule has 1 unspecified atom stereocenters. The number of amides is 1. The first-order valence-corrected chi connectivity index (χ1v) is 4.18. The average molecular weight is 258 g/mol. The number of carbonyl (C=O) groups is 3. The van der Waals surface area contributed by atoms with Gasteiger partial charge in [0.1, 0.15) is 6.04 Å². The number of hydrogen-bond donors (Lipinski definition) is 2. The van der Waals surface area contributed by atoms with Gasteiger partial charge in [-0.3, -0.25) is 4.79 Å².